The van der Waals surface area contributed by atoms with Gasteiger partial charge in [-0.3, -0.25) is 13.9 Å². The lowest BCUT2D eigenvalue weighted by atomic mass is 10.4. The van der Waals surface area contributed by atoms with Crippen molar-refractivity contribution < 1.29 is 5.11 Å². The predicted octanol–water partition coefficient (Wildman–Crippen LogP) is 0.601. The molecule has 2 aromatic rings. The number of aromatic nitrogens is 4. The summed E-state index contributed by atoms with van der Waals surface area (Å²) < 4.78 is 4.03. The van der Waals surface area contributed by atoms with Crippen molar-refractivity contribution in [2.75, 3.05) is 6.61 Å². The van der Waals surface area contributed by atoms with Crippen molar-refractivity contribution in [3.05, 3.63) is 38.8 Å². The molecule has 0 aliphatic heterocycles. The van der Waals surface area contributed by atoms with Gasteiger partial charge in [0.15, 0.2) is 11.2 Å². The zero-order valence-corrected chi connectivity index (χ0v) is 12.5. The van der Waals surface area contributed by atoms with Gasteiger partial charge in [0.05, 0.1) is 0 Å². The molecule has 0 unspecified atom stereocenters. The van der Waals surface area contributed by atoms with Gasteiger partial charge in [0.25, 0.3) is 5.56 Å². The molecule has 0 bridgehead atoms. The molecule has 114 valence electrons. The molecule has 0 aliphatic rings. The third-order valence-electron chi connectivity index (χ3n) is 3.24. The molecule has 0 fully saturated rings. The van der Waals surface area contributed by atoms with E-state index in [0.29, 0.717) is 19.5 Å². The molecule has 1 N–H and O–H groups in total. The molecule has 2 aromatic heterocycles. The van der Waals surface area contributed by atoms with Crippen LogP contribution in [0, 0.1) is 0 Å². The zero-order chi connectivity index (χ0) is 15.6. The Morgan fingerprint density at radius 2 is 2.05 bits per heavy atom. The van der Waals surface area contributed by atoms with Crippen LogP contribution in [0.3, 0.4) is 0 Å². The summed E-state index contributed by atoms with van der Waals surface area (Å²) in [6.07, 6.45) is 1.93. The maximum absolute atomic E-state index is 12.5. The molecular weight excluding hydrogens is 296 g/mol. The molecule has 0 saturated carbocycles. The van der Waals surface area contributed by atoms with Crippen LogP contribution < -0.4 is 11.2 Å². The van der Waals surface area contributed by atoms with E-state index in [1.54, 1.807) is 13.0 Å². The minimum absolute atomic E-state index is 0.0945. The Labute approximate surface area is 125 Å². The predicted molar refractivity (Wildman–Crippen MR) is 80.8 cm³/mol. The fourth-order valence-corrected chi connectivity index (χ4v) is 2.50. The first-order valence-corrected chi connectivity index (χ1v) is 7.05. The Balaban J connectivity index is 2.87. The maximum Gasteiger partial charge on any atom is 0.332 e. The summed E-state index contributed by atoms with van der Waals surface area (Å²) in [5, 5.41) is 9.06. The molecule has 2 rings (SSSR count). The van der Waals surface area contributed by atoms with Crippen molar-refractivity contribution in [2.24, 2.45) is 0 Å². The molecule has 0 radical (unpaired) electrons. The molecule has 8 heteroatoms. The Hall–Kier alpha value is -1.86. The number of hydrogen-bond acceptors (Lipinski definition) is 4. The van der Waals surface area contributed by atoms with Gasteiger partial charge in [0, 0.05) is 26.2 Å². The van der Waals surface area contributed by atoms with Gasteiger partial charge in [0.1, 0.15) is 0 Å². The van der Waals surface area contributed by atoms with Gasteiger partial charge < -0.3 is 9.67 Å². The zero-order valence-electron chi connectivity index (χ0n) is 11.8. The van der Waals surface area contributed by atoms with Crippen molar-refractivity contribution in [1.29, 1.82) is 0 Å². The highest BCUT2D eigenvalue weighted by Gasteiger charge is 2.19. The SMILES string of the molecule is C=CCn1c(Cl)nc2c1c(=O)n(CCCO)c(=O)n2CC. The molecule has 0 atom stereocenters. The normalized spacial score (nSPS) is 11.2. The molecule has 0 spiro atoms. The first-order chi connectivity index (χ1) is 10.1. The van der Waals surface area contributed by atoms with Crippen LogP contribution in [0.4, 0.5) is 0 Å². The molecule has 0 amide bonds. The van der Waals surface area contributed by atoms with Crippen molar-refractivity contribution in [2.45, 2.75) is 33.0 Å². The van der Waals surface area contributed by atoms with Gasteiger partial charge in [-0.25, -0.2) is 4.79 Å². The average molecular weight is 313 g/mol. The summed E-state index contributed by atoms with van der Waals surface area (Å²) in [4.78, 5) is 29.0. The highest BCUT2D eigenvalue weighted by atomic mass is 35.5. The van der Waals surface area contributed by atoms with Gasteiger partial charge in [-0.05, 0) is 24.9 Å². The summed E-state index contributed by atoms with van der Waals surface area (Å²) in [7, 11) is 0. The fraction of sp³-hybridized carbons (Fsp3) is 0.462. The standard InChI is InChI=1S/C13H17ClN4O3/c1-3-6-17-9-10(15-12(17)14)16(4-2)13(21)18(11(9)20)7-5-8-19/h3,19H,1,4-8H2,2H3. The van der Waals surface area contributed by atoms with E-state index in [-0.39, 0.29) is 29.6 Å². The second kappa shape index (κ2) is 6.28. The van der Waals surface area contributed by atoms with E-state index < -0.39 is 11.2 Å². The maximum atomic E-state index is 12.5. The van der Waals surface area contributed by atoms with Crippen LogP contribution in [0.2, 0.25) is 5.28 Å². The largest absolute Gasteiger partial charge is 0.396 e. The number of aryl methyl sites for hydroxylation is 1. The van der Waals surface area contributed by atoms with E-state index >= 15 is 0 Å². The van der Waals surface area contributed by atoms with Gasteiger partial charge in [0.2, 0.25) is 5.28 Å². The number of imidazole rings is 1. The Morgan fingerprint density at radius 1 is 1.33 bits per heavy atom. The summed E-state index contributed by atoms with van der Waals surface area (Å²) in [6.45, 7) is 6.18. The van der Waals surface area contributed by atoms with Crippen LogP contribution in [0.1, 0.15) is 13.3 Å². The molecule has 2 heterocycles. The molecule has 7 nitrogen and oxygen atoms in total. The third kappa shape index (κ3) is 2.54. The van der Waals surface area contributed by atoms with Crippen molar-refractivity contribution in [3.8, 4) is 0 Å². The van der Waals surface area contributed by atoms with Crippen LogP contribution in [-0.4, -0.2) is 30.4 Å². The van der Waals surface area contributed by atoms with Crippen LogP contribution in [0.5, 0.6) is 0 Å². The smallest absolute Gasteiger partial charge is 0.332 e. The Morgan fingerprint density at radius 3 is 2.62 bits per heavy atom. The van der Waals surface area contributed by atoms with Crippen LogP contribution in [0.25, 0.3) is 11.2 Å². The van der Waals surface area contributed by atoms with E-state index in [2.05, 4.69) is 11.6 Å². The number of allylic oxidation sites excluding steroid dienone is 1. The number of aliphatic hydroxyl groups excluding tert-OH is 1. The second-order valence-electron chi connectivity index (χ2n) is 4.51. The highest BCUT2D eigenvalue weighted by molar-refractivity contribution is 6.29. The number of halogens is 1. The van der Waals surface area contributed by atoms with E-state index in [0.717, 1.165) is 4.57 Å². The number of nitrogens with zero attached hydrogens (tertiary/aromatic N) is 4. The third-order valence-corrected chi connectivity index (χ3v) is 3.52. The minimum atomic E-state index is -0.450. The Bertz CT molecular complexity index is 787. The lowest BCUT2D eigenvalue weighted by Crippen LogP contribution is -2.40. The Kier molecular flexibility index (Phi) is 4.64. The first-order valence-electron chi connectivity index (χ1n) is 6.67. The monoisotopic (exact) mass is 312 g/mol. The summed E-state index contributed by atoms with van der Waals surface area (Å²) in [5.74, 6) is 0. The fourth-order valence-electron chi connectivity index (χ4n) is 2.27. The topological polar surface area (TPSA) is 82.1 Å². The van der Waals surface area contributed by atoms with Crippen LogP contribution in [-0.2, 0) is 19.6 Å². The average Bonchev–Trinajstić information content (AvgIpc) is 2.77. The van der Waals surface area contributed by atoms with Gasteiger partial charge in [-0.2, -0.15) is 4.98 Å². The molecule has 0 aromatic carbocycles. The van der Waals surface area contributed by atoms with Crippen molar-refractivity contribution in [1.82, 2.24) is 18.7 Å². The molecule has 21 heavy (non-hydrogen) atoms. The van der Waals surface area contributed by atoms with E-state index in [9.17, 15) is 9.59 Å². The molecular formula is C13H17ClN4O3. The lowest BCUT2D eigenvalue weighted by Gasteiger charge is -2.10. The van der Waals surface area contributed by atoms with Crippen molar-refractivity contribution in [3.63, 3.8) is 0 Å². The second-order valence-corrected chi connectivity index (χ2v) is 4.85. The number of hydrogen-bond donors (Lipinski definition) is 1. The number of rotatable bonds is 6. The van der Waals surface area contributed by atoms with Gasteiger partial charge in [-0.1, -0.05) is 6.08 Å². The minimum Gasteiger partial charge on any atom is -0.396 e. The lowest BCUT2D eigenvalue weighted by molar-refractivity contribution is 0.277. The van der Waals surface area contributed by atoms with E-state index in [1.165, 1.54) is 9.13 Å². The quantitative estimate of drug-likeness (QED) is 0.625. The summed E-state index contributed by atoms with van der Waals surface area (Å²) in [5.41, 5.74) is -0.336. The number of aliphatic hydroxyl groups is 1. The summed E-state index contributed by atoms with van der Waals surface area (Å²) in [6, 6.07) is 0. The molecule has 0 aliphatic carbocycles. The van der Waals surface area contributed by atoms with Crippen molar-refractivity contribution >= 4 is 22.8 Å². The van der Waals surface area contributed by atoms with E-state index in [4.69, 9.17) is 16.7 Å². The number of fused-ring (bicyclic) bond motifs is 1. The van der Waals surface area contributed by atoms with Gasteiger partial charge >= 0.3 is 5.69 Å². The molecule has 0 saturated heterocycles. The van der Waals surface area contributed by atoms with Gasteiger partial charge in [-0.15, -0.1) is 6.58 Å². The van der Waals surface area contributed by atoms with Crippen LogP contribution in [0.15, 0.2) is 22.2 Å². The van der Waals surface area contributed by atoms with E-state index in [1.807, 2.05) is 0 Å². The van der Waals surface area contributed by atoms with Crippen LogP contribution >= 0.6 is 11.6 Å². The highest BCUT2D eigenvalue weighted by Crippen LogP contribution is 2.16. The first kappa shape index (κ1) is 15.5. The summed E-state index contributed by atoms with van der Waals surface area (Å²) >= 11 is 6.06.